The Balaban J connectivity index is 2.09. The molecule has 0 bridgehead atoms. The predicted octanol–water partition coefficient (Wildman–Crippen LogP) is 4.23. The topological polar surface area (TPSA) is 17.1 Å². The number of rotatable bonds is 3. The van der Waals surface area contributed by atoms with E-state index in [0.717, 1.165) is 5.57 Å². The number of allylic oxidation sites excluding steroid dienone is 4. The first-order valence-corrected chi connectivity index (χ1v) is 7.53. The molecular formula is C17H16OS. The molecule has 0 saturated carbocycles. The van der Waals surface area contributed by atoms with Crippen molar-refractivity contribution in [3.63, 3.8) is 0 Å². The van der Waals surface area contributed by atoms with Crippen LogP contribution >= 0.6 is 11.8 Å². The van der Waals surface area contributed by atoms with Gasteiger partial charge in [0.05, 0.1) is 0 Å². The van der Waals surface area contributed by atoms with Gasteiger partial charge in [-0.05, 0) is 5.56 Å². The number of ketones is 1. The zero-order valence-corrected chi connectivity index (χ0v) is 11.7. The fourth-order valence-corrected chi connectivity index (χ4v) is 4.09. The Hall–Kier alpha value is -1.54. The van der Waals surface area contributed by atoms with Crippen LogP contribution in [-0.2, 0) is 4.79 Å². The first-order valence-electron chi connectivity index (χ1n) is 6.65. The molecule has 96 valence electrons. The van der Waals surface area contributed by atoms with Gasteiger partial charge < -0.3 is 0 Å². The molecule has 0 aromatic heterocycles. The lowest BCUT2D eigenvalue weighted by molar-refractivity contribution is -0.115. The van der Waals surface area contributed by atoms with Crippen molar-refractivity contribution < 1.29 is 4.79 Å². The van der Waals surface area contributed by atoms with Crippen LogP contribution in [0.2, 0.25) is 0 Å². The van der Waals surface area contributed by atoms with Crippen LogP contribution in [0.3, 0.4) is 0 Å². The van der Waals surface area contributed by atoms with E-state index in [9.17, 15) is 4.79 Å². The van der Waals surface area contributed by atoms with Crippen LogP contribution in [0.4, 0.5) is 0 Å². The van der Waals surface area contributed by atoms with Crippen LogP contribution in [-0.4, -0.2) is 11.0 Å². The fourth-order valence-electron chi connectivity index (χ4n) is 2.63. The Morgan fingerprint density at radius 1 is 1.16 bits per heavy atom. The highest BCUT2D eigenvalue weighted by Crippen LogP contribution is 2.49. The number of fused-ring (bicyclic) bond motifs is 1. The van der Waals surface area contributed by atoms with E-state index in [1.807, 2.05) is 36.9 Å². The number of carbonyl (C=O) groups is 1. The van der Waals surface area contributed by atoms with E-state index in [0.29, 0.717) is 11.7 Å². The Kier molecular flexibility index (Phi) is 3.43. The summed E-state index contributed by atoms with van der Waals surface area (Å²) < 4.78 is 0. The van der Waals surface area contributed by atoms with Crippen molar-refractivity contribution in [3.8, 4) is 0 Å². The van der Waals surface area contributed by atoms with E-state index in [4.69, 9.17) is 0 Å². The van der Waals surface area contributed by atoms with E-state index in [2.05, 4.69) is 36.4 Å². The Bertz CT molecular complexity index is 581. The molecule has 1 heterocycles. The van der Waals surface area contributed by atoms with Gasteiger partial charge in [-0.3, -0.25) is 4.79 Å². The van der Waals surface area contributed by atoms with E-state index >= 15 is 0 Å². The third-order valence-electron chi connectivity index (χ3n) is 3.57. The summed E-state index contributed by atoms with van der Waals surface area (Å²) in [4.78, 5) is 13.5. The maximum Gasteiger partial charge on any atom is 0.160 e. The quantitative estimate of drug-likeness (QED) is 0.816. The van der Waals surface area contributed by atoms with Crippen LogP contribution in [0.5, 0.6) is 0 Å². The molecule has 2 heteroatoms. The maximum absolute atomic E-state index is 12.3. The van der Waals surface area contributed by atoms with Gasteiger partial charge in [0.1, 0.15) is 0 Å². The van der Waals surface area contributed by atoms with Gasteiger partial charge in [0.2, 0.25) is 0 Å². The molecule has 0 amide bonds. The van der Waals surface area contributed by atoms with Crippen LogP contribution in [0.15, 0.2) is 60.2 Å². The van der Waals surface area contributed by atoms with Crippen LogP contribution in [0.25, 0.3) is 4.91 Å². The van der Waals surface area contributed by atoms with E-state index < -0.39 is 0 Å². The van der Waals surface area contributed by atoms with Gasteiger partial charge in [0.25, 0.3) is 0 Å². The van der Waals surface area contributed by atoms with E-state index in [1.165, 1.54) is 10.5 Å². The summed E-state index contributed by atoms with van der Waals surface area (Å²) in [5.41, 5.74) is 2.17. The molecule has 1 aliphatic carbocycles. The zero-order valence-electron chi connectivity index (χ0n) is 10.9. The molecule has 19 heavy (non-hydrogen) atoms. The molecule has 1 aromatic rings. The molecule has 0 saturated heterocycles. The lowest BCUT2D eigenvalue weighted by Crippen LogP contribution is -2.16. The first kappa shape index (κ1) is 12.5. The highest BCUT2D eigenvalue weighted by Gasteiger charge is 2.36. The predicted molar refractivity (Wildman–Crippen MR) is 81.8 cm³/mol. The summed E-state index contributed by atoms with van der Waals surface area (Å²) in [5, 5.41) is 0.380. The number of hydrogen-bond acceptors (Lipinski definition) is 2. The molecule has 2 aliphatic rings. The monoisotopic (exact) mass is 268 g/mol. The second kappa shape index (κ2) is 5.22. The first-order chi connectivity index (χ1) is 9.31. The second-order valence-electron chi connectivity index (χ2n) is 4.76. The van der Waals surface area contributed by atoms with Gasteiger partial charge >= 0.3 is 0 Å². The highest BCUT2D eigenvalue weighted by atomic mass is 32.2. The molecule has 1 aliphatic heterocycles. The standard InChI is InChI=1S/C17H16OS/c1-2-14(18)16-13-10-6-7-11-15(13)19-17(16)12-8-4-3-5-9-12/h3-11,13,15H,2H2,1H3. The summed E-state index contributed by atoms with van der Waals surface area (Å²) in [6, 6.07) is 10.3. The van der Waals surface area contributed by atoms with Crippen molar-refractivity contribution in [2.45, 2.75) is 18.6 Å². The fraction of sp³-hybridized carbons (Fsp3) is 0.235. The highest BCUT2D eigenvalue weighted by molar-refractivity contribution is 8.09. The molecule has 0 fully saturated rings. The molecular weight excluding hydrogens is 252 g/mol. The van der Waals surface area contributed by atoms with Gasteiger partial charge in [-0.2, -0.15) is 0 Å². The van der Waals surface area contributed by atoms with Gasteiger partial charge in [-0.1, -0.05) is 61.6 Å². The summed E-state index contributed by atoms with van der Waals surface area (Å²) in [7, 11) is 0. The van der Waals surface area contributed by atoms with Crippen molar-refractivity contribution >= 4 is 22.5 Å². The number of hydrogen-bond donors (Lipinski definition) is 0. The molecule has 0 radical (unpaired) electrons. The normalized spacial score (nSPS) is 24.7. The number of carbonyl (C=O) groups excluding carboxylic acids is 1. The lowest BCUT2D eigenvalue weighted by atomic mass is 9.87. The van der Waals surface area contributed by atoms with Gasteiger partial charge in [0.15, 0.2) is 5.78 Å². The average molecular weight is 268 g/mol. The largest absolute Gasteiger partial charge is 0.294 e. The number of thioether (sulfide) groups is 1. The summed E-state index contributed by atoms with van der Waals surface area (Å²) in [6.45, 7) is 1.94. The van der Waals surface area contributed by atoms with Crippen molar-refractivity contribution in [1.29, 1.82) is 0 Å². The van der Waals surface area contributed by atoms with Crippen LogP contribution < -0.4 is 0 Å². The second-order valence-corrected chi connectivity index (χ2v) is 5.95. The number of benzene rings is 1. The summed E-state index contributed by atoms with van der Waals surface area (Å²) in [6.07, 6.45) is 9.08. The molecule has 1 nitrogen and oxygen atoms in total. The van der Waals surface area contributed by atoms with Gasteiger partial charge in [-0.15, -0.1) is 11.8 Å². The smallest absolute Gasteiger partial charge is 0.160 e. The SMILES string of the molecule is CCC(=O)C1=C(c2ccccc2)SC2C=CC=CC12. The van der Waals surface area contributed by atoms with Crippen molar-refractivity contribution in [2.75, 3.05) is 0 Å². The zero-order chi connectivity index (χ0) is 13.2. The maximum atomic E-state index is 12.3. The molecule has 0 N–H and O–H groups in total. The number of Topliss-reactive ketones (excluding diaryl/α,β-unsaturated/α-hetero) is 1. The lowest BCUT2D eigenvalue weighted by Gasteiger charge is -2.16. The minimum atomic E-state index is 0.248. The third kappa shape index (κ3) is 2.21. The van der Waals surface area contributed by atoms with E-state index in [1.54, 1.807) is 0 Å². The third-order valence-corrected chi connectivity index (χ3v) is 4.99. The minimum absolute atomic E-state index is 0.248. The molecule has 0 spiro atoms. The Morgan fingerprint density at radius 2 is 1.89 bits per heavy atom. The molecule has 3 rings (SSSR count). The van der Waals surface area contributed by atoms with Crippen molar-refractivity contribution in [2.24, 2.45) is 5.92 Å². The average Bonchev–Trinajstić information content (AvgIpc) is 2.87. The Labute approximate surface area is 118 Å². The van der Waals surface area contributed by atoms with Gasteiger partial charge in [-0.25, -0.2) is 0 Å². The summed E-state index contributed by atoms with van der Waals surface area (Å²) >= 11 is 1.82. The van der Waals surface area contributed by atoms with Crippen LogP contribution in [0.1, 0.15) is 18.9 Å². The summed E-state index contributed by atoms with van der Waals surface area (Å²) in [5.74, 6) is 0.524. The van der Waals surface area contributed by atoms with E-state index in [-0.39, 0.29) is 11.7 Å². The Morgan fingerprint density at radius 3 is 2.63 bits per heavy atom. The van der Waals surface area contributed by atoms with Gasteiger partial charge in [0, 0.05) is 28.1 Å². The van der Waals surface area contributed by atoms with Crippen molar-refractivity contribution in [3.05, 3.63) is 65.8 Å². The minimum Gasteiger partial charge on any atom is -0.294 e. The van der Waals surface area contributed by atoms with Crippen LogP contribution in [0, 0.1) is 5.92 Å². The molecule has 1 aromatic carbocycles. The molecule has 2 unspecified atom stereocenters. The molecule has 2 atom stereocenters. The van der Waals surface area contributed by atoms with Crippen molar-refractivity contribution in [1.82, 2.24) is 0 Å².